The Hall–Kier alpha value is -2.52. The molecule has 3 saturated heterocycles. The van der Waals surface area contributed by atoms with E-state index in [0.29, 0.717) is 32.4 Å². The Kier molecular flexibility index (Phi) is 6.52. The molecule has 0 aromatic heterocycles. The lowest BCUT2D eigenvalue weighted by Gasteiger charge is -2.38. The van der Waals surface area contributed by atoms with Gasteiger partial charge >= 0.3 is 0 Å². The van der Waals surface area contributed by atoms with Crippen molar-refractivity contribution in [3.8, 4) is 0 Å². The minimum Gasteiger partial charge on any atom is -0.353 e. The van der Waals surface area contributed by atoms with Crippen molar-refractivity contribution < 1.29 is 18.8 Å². The van der Waals surface area contributed by atoms with Crippen molar-refractivity contribution in [2.45, 2.75) is 37.4 Å². The highest BCUT2D eigenvalue weighted by Gasteiger charge is 2.43. The second-order valence-corrected chi connectivity index (χ2v) is 8.75. The SMILES string of the molecule is CN1CCN(C(=O)CC[C@H]2CNC(=O)[C@H]3C[C@H](NC(=O)c4cccc(F)c4)CN23)CC1. The number of carbonyl (C=O) groups excluding carboxylic acids is 3. The van der Waals surface area contributed by atoms with Gasteiger partial charge in [0.2, 0.25) is 11.8 Å². The molecule has 168 valence electrons. The fraction of sp³-hybridized carbons (Fsp3) is 0.591. The van der Waals surface area contributed by atoms with Crippen LogP contribution in [0.2, 0.25) is 0 Å². The van der Waals surface area contributed by atoms with Crippen LogP contribution in [0.25, 0.3) is 0 Å². The normalized spacial score (nSPS) is 27.0. The van der Waals surface area contributed by atoms with Crippen molar-refractivity contribution in [2.75, 3.05) is 46.3 Å². The summed E-state index contributed by atoms with van der Waals surface area (Å²) < 4.78 is 13.4. The average Bonchev–Trinajstić information content (AvgIpc) is 3.18. The highest BCUT2D eigenvalue weighted by Crippen LogP contribution is 2.26. The molecular weight excluding hydrogens is 401 g/mol. The van der Waals surface area contributed by atoms with Gasteiger partial charge in [-0.2, -0.15) is 0 Å². The van der Waals surface area contributed by atoms with Crippen LogP contribution >= 0.6 is 0 Å². The third-order valence-electron chi connectivity index (χ3n) is 6.59. The Balaban J connectivity index is 1.32. The quantitative estimate of drug-likeness (QED) is 0.688. The molecule has 8 nitrogen and oxygen atoms in total. The molecule has 3 aliphatic heterocycles. The largest absolute Gasteiger partial charge is 0.353 e. The average molecular weight is 432 g/mol. The van der Waals surface area contributed by atoms with Gasteiger partial charge in [0.25, 0.3) is 5.91 Å². The zero-order valence-electron chi connectivity index (χ0n) is 17.8. The molecule has 0 saturated carbocycles. The first-order valence-corrected chi connectivity index (χ1v) is 11.0. The van der Waals surface area contributed by atoms with E-state index in [1.54, 1.807) is 6.07 Å². The molecule has 0 spiro atoms. The molecule has 0 bridgehead atoms. The molecule has 1 aromatic rings. The third-order valence-corrected chi connectivity index (χ3v) is 6.59. The van der Waals surface area contributed by atoms with Crippen LogP contribution < -0.4 is 10.6 Å². The molecule has 0 aliphatic carbocycles. The number of benzene rings is 1. The molecule has 1 aromatic carbocycles. The monoisotopic (exact) mass is 431 g/mol. The molecule has 3 aliphatic rings. The topological polar surface area (TPSA) is 85.0 Å². The van der Waals surface area contributed by atoms with E-state index in [4.69, 9.17) is 0 Å². The number of fused-ring (bicyclic) bond motifs is 1. The molecule has 2 N–H and O–H groups in total. The summed E-state index contributed by atoms with van der Waals surface area (Å²) in [6, 6.07) is 5.14. The Morgan fingerprint density at radius 1 is 1.23 bits per heavy atom. The number of amides is 3. The van der Waals surface area contributed by atoms with E-state index in [9.17, 15) is 18.8 Å². The van der Waals surface area contributed by atoms with Gasteiger partial charge in [0.15, 0.2) is 0 Å². The summed E-state index contributed by atoms with van der Waals surface area (Å²) in [6.07, 6.45) is 1.64. The van der Waals surface area contributed by atoms with E-state index in [1.807, 2.05) is 4.90 Å². The number of carbonyl (C=O) groups is 3. The van der Waals surface area contributed by atoms with Crippen molar-refractivity contribution in [1.82, 2.24) is 25.3 Å². The molecular formula is C22H30FN5O3. The Labute approximate surface area is 181 Å². The number of hydrogen-bond acceptors (Lipinski definition) is 5. The summed E-state index contributed by atoms with van der Waals surface area (Å²) in [5.74, 6) is -0.673. The van der Waals surface area contributed by atoms with Crippen molar-refractivity contribution in [3.63, 3.8) is 0 Å². The van der Waals surface area contributed by atoms with Crippen LogP contribution in [-0.2, 0) is 9.59 Å². The van der Waals surface area contributed by atoms with Gasteiger partial charge in [-0.3, -0.25) is 19.3 Å². The lowest BCUT2D eigenvalue weighted by Crippen LogP contribution is -2.58. The van der Waals surface area contributed by atoms with Crippen LogP contribution in [0.3, 0.4) is 0 Å². The fourth-order valence-corrected chi connectivity index (χ4v) is 4.75. The van der Waals surface area contributed by atoms with E-state index in [-0.39, 0.29) is 41.4 Å². The van der Waals surface area contributed by atoms with E-state index >= 15 is 0 Å². The maximum Gasteiger partial charge on any atom is 0.251 e. The molecule has 3 heterocycles. The summed E-state index contributed by atoms with van der Waals surface area (Å²) in [5, 5.41) is 5.88. The zero-order chi connectivity index (χ0) is 22.0. The number of nitrogens with zero attached hydrogens (tertiary/aromatic N) is 3. The lowest BCUT2D eigenvalue weighted by atomic mass is 10.0. The minimum absolute atomic E-state index is 0.0378. The van der Waals surface area contributed by atoms with Crippen LogP contribution in [-0.4, -0.2) is 96.9 Å². The predicted octanol–water partition coefficient (Wildman–Crippen LogP) is 0.0510. The van der Waals surface area contributed by atoms with Crippen molar-refractivity contribution in [2.24, 2.45) is 0 Å². The number of rotatable bonds is 5. The van der Waals surface area contributed by atoms with Crippen LogP contribution in [0.1, 0.15) is 29.6 Å². The van der Waals surface area contributed by atoms with Gasteiger partial charge < -0.3 is 20.4 Å². The predicted molar refractivity (Wildman–Crippen MR) is 113 cm³/mol. The van der Waals surface area contributed by atoms with Crippen LogP contribution in [0.15, 0.2) is 24.3 Å². The Morgan fingerprint density at radius 2 is 2.00 bits per heavy atom. The first-order valence-electron chi connectivity index (χ1n) is 11.0. The van der Waals surface area contributed by atoms with Gasteiger partial charge in [0, 0.05) is 63.3 Å². The summed E-state index contributed by atoms with van der Waals surface area (Å²) in [7, 11) is 2.06. The highest BCUT2D eigenvalue weighted by atomic mass is 19.1. The summed E-state index contributed by atoms with van der Waals surface area (Å²) in [6.45, 7) is 4.37. The van der Waals surface area contributed by atoms with Gasteiger partial charge in [-0.15, -0.1) is 0 Å². The molecule has 0 radical (unpaired) electrons. The number of hydrogen-bond donors (Lipinski definition) is 2. The van der Waals surface area contributed by atoms with E-state index in [2.05, 4.69) is 27.5 Å². The van der Waals surface area contributed by atoms with Gasteiger partial charge in [0.1, 0.15) is 5.82 Å². The van der Waals surface area contributed by atoms with Crippen molar-refractivity contribution >= 4 is 17.7 Å². The van der Waals surface area contributed by atoms with E-state index in [0.717, 1.165) is 26.2 Å². The van der Waals surface area contributed by atoms with Crippen molar-refractivity contribution in [3.05, 3.63) is 35.6 Å². The standard InChI is InChI=1S/C22H30FN5O3/c1-26-7-9-27(10-8-26)20(29)6-5-18-13-24-22(31)19-12-17(14-28(18)19)25-21(30)15-3-2-4-16(23)11-15/h2-4,11,17-19H,5-10,12-14H2,1H3,(H,24,31)(H,25,30)/t17-,18-,19+/m0/s1. The molecule has 3 amide bonds. The number of halogens is 1. The molecule has 3 atom stereocenters. The smallest absolute Gasteiger partial charge is 0.251 e. The van der Waals surface area contributed by atoms with Gasteiger partial charge in [-0.25, -0.2) is 4.39 Å². The molecule has 31 heavy (non-hydrogen) atoms. The number of piperazine rings is 2. The highest BCUT2D eigenvalue weighted by molar-refractivity contribution is 5.94. The number of nitrogens with one attached hydrogen (secondary N) is 2. The molecule has 0 unspecified atom stereocenters. The molecule has 9 heteroatoms. The second-order valence-electron chi connectivity index (χ2n) is 8.75. The third kappa shape index (κ3) is 5.04. The number of likely N-dealkylation sites (N-methyl/N-ethyl adjacent to an activating group) is 1. The minimum atomic E-state index is -0.457. The van der Waals surface area contributed by atoms with Crippen LogP contribution in [0.5, 0.6) is 0 Å². The molecule has 4 rings (SSSR count). The Bertz CT molecular complexity index is 842. The van der Waals surface area contributed by atoms with Crippen LogP contribution in [0, 0.1) is 5.82 Å². The fourth-order valence-electron chi connectivity index (χ4n) is 4.75. The van der Waals surface area contributed by atoms with Gasteiger partial charge in [-0.05, 0) is 38.1 Å². The lowest BCUT2D eigenvalue weighted by molar-refractivity contribution is -0.133. The second kappa shape index (κ2) is 9.32. The first-order chi connectivity index (χ1) is 14.9. The van der Waals surface area contributed by atoms with Gasteiger partial charge in [-0.1, -0.05) is 6.07 Å². The summed E-state index contributed by atoms with van der Waals surface area (Å²) in [4.78, 5) is 43.7. The van der Waals surface area contributed by atoms with E-state index < -0.39 is 5.82 Å². The zero-order valence-corrected chi connectivity index (χ0v) is 17.8. The van der Waals surface area contributed by atoms with Crippen molar-refractivity contribution in [1.29, 1.82) is 0 Å². The van der Waals surface area contributed by atoms with Crippen LogP contribution in [0.4, 0.5) is 4.39 Å². The first kappa shape index (κ1) is 21.7. The maximum absolute atomic E-state index is 13.4. The summed E-state index contributed by atoms with van der Waals surface area (Å²) >= 11 is 0. The van der Waals surface area contributed by atoms with Gasteiger partial charge in [0.05, 0.1) is 6.04 Å². The maximum atomic E-state index is 13.4. The Morgan fingerprint density at radius 3 is 2.74 bits per heavy atom. The molecule has 3 fully saturated rings. The summed E-state index contributed by atoms with van der Waals surface area (Å²) in [5.41, 5.74) is 0.267. The van der Waals surface area contributed by atoms with E-state index in [1.165, 1.54) is 18.2 Å².